The first-order valence-corrected chi connectivity index (χ1v) is 8.93. The third kappa shape index (κ3) is 4.38. The van der Waals surface area contributed by atoms with Crippen molar-refractivity contribution in [3.8, 4) is 5.75 Å². The minimum atomic E-state index is -0.889. The van der Waals surface area contributed by atoms with E-state index in [2.05, 4.69) is 0 Å². The lowest BCUT2D eigenvalue weighted by molar-refractivity contribution is -0.122. The number of carbonyl (C=O) groups is 2. The smallest absolute Gasteiger partial charge is 0.255 e. The maximum Gasteiger partial charge on any atom is 0.255 e. The molecule has 0 aliphatic rings. The van der Waals surface area contributed by atoms with Crippen molar-refractivity contribution in [3.63, 3.8) is 0 Å². The summed E-state index contributed by atoms with van der Waals surface area (Å²) in [6.07, 6.45) is 0. The zero-order chi connectivity index (χ0) is 19.9. The fourth-order valence-corrected chi connectivity index (χ4v) is 3.13. The molecular formula is C23H22N2O3. The Bertz CT molecular complexity index is 942. The predicted octanol–water partition coefficient (Wildman–Crippen LogP) is 3.56. The van der Waals surface area contributed by atoms with Gasteiger partial charge in [-0.15, -0.1) is 0 Å². The SMILES string of the molecule is COc1cccc(CN(C(=O)c2ccccc2)C(C(N)=O)c2ccccc2)c1. The van der Waals surface area contributed by atoms with Crippen LogP contribution in [0.2, 0.25) is 0 Å². The van der Waals surface area contributed by atoms with E-state index in [1.165, 1.54) is 4.90 Å². The molecule has 0 fully saturated rings. The van der Waals surface area contributed by atoms with Crippen LogP contribution in [0, 0.1) is 0 Å². The molecule has 5 nitrogen and oxygen atoms in total. The predicted molar refractivity (Wildman–Crippen MR) is 108 cm³/mol. The Hall–Kier alpha value is -3.60. The third-order valence-corrected chi connectivity index (χ3v) is 4.47. The van der Waals surface area contributed by atoms with Crippen LogP contribution in [-0.2, 0) is 11.3 Å². The molecule has 0 bridgehead atoms. The molecule has 142 valence electrons. The topological polar surface area (TPSA) is 72.6 Å². The lowest BCUT2D eigenvalue weighted by atomic mass is 10.0. The van der Waals surface area contributed by atoms with Gasteiger partial charge in [0.05, 0.1) is 7.11 Å². The van der Waals surface area contributed by atoms with E-state index in [9.17, 15) is 9.59 Å². The number of amides is 2. The first-order chi connectivity index (χ1) is 13.6. The van der Waals surface area contributed by atoms with E-state index in [4.69, 9.17) is 10.5 Å². The molecule has 5 heteroatoms. The largest absolute Gasteiger partial charge is 0.497 e. The molecule has 1 unspecified atom stereocenters. The average molecular weight is 374 g/mol. The van der Waals surface area contributed by atoms with E-state index < -0.39 is 11.9 Å². The van der Waals surface area contributed by atoms with Crippen LogP contribution in [0.25, 0.3) is 0 Å². The van der Waals surface area contributed by atoms with Crippen LogP contribution < -0.4 is 10.5 Å². The second kappa shape index (κ2) is 8.86. The number of rotatable bonds is 7. The van der Waals surface area contributed by atoms with Gasteiger partial charge < -0.3 is 15.4 Å². The first-order valence-electron chi connectivity index (χ1n) is 8.93. The number of primary amides is 1. The molecule has 0 saturated carbocycles. The Morgan fingerprint density at radius 2 is 1.57 bits per heavy atom. The Morgan fingerprint density at radius 1 is 0.929 bits per heavy atom. The molecule has 2 amide bonds. The van der Waals surface area contributed by atoms with Gasteiger partial charge in [0.25, 0.3) is 5.91 Å². The monoisotopic (exact) mass is 374 g/mol. The highest BCUT2D eigenvalue weighted by molar-refractivity contribution is 5.97. The van der Waals surface area contributed by atoms with Crippen LogP contribution in [0.4, 0.5) is 0 Å². The highest BCUT2D eigenvalue weighted by Gasteiger charge is 2.30. The molecule has 0 radical (unpaired) electrons. The summed E-state index contributed by atoms with van der Waals surface area (Å²) in [6, 6.07) is 24.5. The van der Waals surface area contributed by atoms with E-state index in [1.807, 2.05) is 48.5 Å². The van der Waals surface area contributed by atoms with E-state index in [1.54, 1.807) is 43.5 Å². The van der Waals surface area contributed by atoms with Crippen LogP contribution >= 0.6 is 0 Å². The van der Waals surface area contributed by atoms with Gasteiger partial charge in [-0.05, 0) is 35.4 Å². The summed E-state index contributed by atoms with van der Waals surface area (Å²) in [6.45, 7) is 0.216. The number of methoxy groups -OCH3 is 1. The number of nitrogens with zero attached hydrogens (tertiary/aromatic N) is 1. The van der Waals surface area contributed by atoms with Crippen molar-refractivity contribution in [2.75, 3.05) is 7.11 Å². The number of hydrogen-bond acceptors (Lipinski definition) is 3. The van der Waals surface area contributed by atoms with Crippen LogP contribution in [0.3, 0.4) is 0 Å². The normalized spacial score (nSPS) is 11.5. The van der Waals surface area contributed by atoms with Gasteiger partial charge in [0, 0.05) is 12.1 Å². The molecule has 3 aromatic carbocycles. The lowest BCUT2D eigenvalue weighted by Crippen LogP contribution is -2.41. The Balaban J connectivity index is 2.04. The van der Waals surface area contributed by atoms with E-state index in [0.717, 1.165) is 5.56 Å². The number of nitrogens with two attached hydrogens (primary N) is 1. The minimum absolute atomic E-state index is 0.216. The molecular weight excluding hydrogens is 352 g/mol. The fourth-order valence-electron chi connectivity index (χ4n) is 3.13. The van der Waals surface area contributed by atoms with Crippen molar-refractivity contribution in [3.05, 3.63) is 102 Å². The third-order valence-electron chi connectivity index (χ3n) is 4.47. The highest BCUT2D eigenvalue weighted by Crippen LogP contribution is 2.26. The summed E-state index contributed by atoms with van der Waals surface area (Å²) in [7, 11) is 1.59. The maximum absolute atomic E-state index is 13.3. The van der Waals surface area contributed by atoms with E-state index in [-0.39, 0.29) is 12.5 Å². The van der Waals surface area contributed by atoms with Crippen molar-refractivity contribution in [1.82, 2.24) is 4.90 Å². The van der Waals surface area contributed by atoms with Crippen molar-refractivity contribution in [2.24, 2.45) is 5.73 Å². The molecule has 0 aromatic heterocycles. The van der Waals surface area contributed by atoms with Gasteiger partial charge in [-0.3, -0.25) is 9.59 Å². The molecule has 0 saturated heterocycles. The summed E-state index contributed by atoms with van der Waals surface area (Å²) in [5, 5.41) is 0. The zero-order valence-electron chi connectivity index (χ0n) is 15.6. The van der Waals surface area contributed by atoms with E-state index >= 15 is 0 Å². The molecule has 28 heavy (non-hydrogen) atoms. The summed E-state index contributed by atoms with van der Waals surface area (Å²) in [4.78, 5) is 27.2. The summed E-state index contributed by atoms with van der Waals surface area (Å²) in [5.74, 6) is -0.172. The average Bonchev–Trinajstić information content (AvgIpc) is 2.74. The van der Waals surface area contributed by atoms with Crippen LogP contribution in [0.5, 0.6) is 5.75 Å². The van der Waals surface area contributed by atoms with Crippen molar-refractivity contribution >= 4 is 11.8 Å². The van der Waals surface area contributed by atoms with Crippen molar-refractivity contribution < 1.29 is 14.3 Å². The van der Waals surface area contributed by atoms with Crippen LogP contribution in [0.15, 0.2) is 84.9 Å². The minimum Gasteiger partial charge on any atom is -0.497 e. The molecule has 3 aromatic rings. The molecule has 0 aliphatic heterocycles. The second-order valence-corrected chi connectivity index (χ2v) is 6.37. The first kappa shape index (κ1) is 19.2. The van der Waals surface area contributed by atoms with Crippen molar-refractivity contribution in [1.29, 1.82) is 0 Å². The fraction of sp³-hybridized carbons (Fsp3) is 0.130. The number of hydrogen-bond donors (Lipinski definition) is 1. The molecule has 3 rings (SSSR count). The van der Waals surface area contributed by atoms with Gasteiger partial charge in [-0.25, -0.2) is 0 Å². The van der Waals surface area contributed by atoms with Gasteiger partial charge in [-0.2, -0.15) is 0 Å². The van der Waals surface area contributed by atoms with E-state index in [0.29, 0.717) is 16.9 Å². The lowest BCUT2D eigenvalue weighted by Gasteiger charge is -2.30. The number of ether oxygens (including phenoxy) is 1. The van der Waals surface area contributed by atoms with Crippen molar-refractivity contribution in [2.45, 2.75) is 12.6 Å². The Labute approximate surface area is 164 Å². The summed E-state index contributed by atoms with van der Waals surface area (Å²) < 4.78 is 5.28. The standard InChI is InChI=1S/C23H22N2O3/c1-28-20-14-8-9-17(15-20)16-25(23(27)19-12-6-3-7-13-19)21(22(24)26)18-10-4-2-5-11-18/h2-15,21H,16H2,1H3,(H2,24,26). The summed E-state index contributed by atoms with van der Waals surface area (Å²) >= 11 is 0. The van der Waals surface area contributed by atoms with Gasteiger partial charge in [0.1, 0.15) is 11.8 Å². The molecule has 1 atom stereocenters. The zero-order valence-corrected chi connectivity index (χ0v) is 15.6. The molecule has 2 N–H and O–H groups in total. The van der Waals surface area contributed by atoms with Gasteiger partial charge in [0.15, 0.2) is 0 Å². The van der Waals surface area contributed by atoms with Crippen LogP contribution in [-0.4, -0.2) is 23.8 Å². The van der Waals surface area contributed by atoms with Crippen LogP contribution in [0.1, 0.15) is 27.5 Å². The molecule has 0 aliphatic carbocycles. The van der Waals surface area contributed by atoms with Gasteiger partial charge >= 0.3 is 0 Å². The molecule has 0 heterocycles. The Kier molecular flexibility index (Phi) is 6.07. The van der Waals surface area contributed by atoms with Gasteiger partial charge in [0.2, 0.25) is 5.91 Å². The Morgan fingerprint density at radius 3 is 2.18 bits per heavy atom. The summed E-state index contributed by atoms with van der Waals surface area (Å²) in [5.41, 5.74) is 7.74. The number of carbonyl (C=O) groups excluding carboxylic acids is 2. The quantitative estimate of drug-likeness (QED) is 0.687. The maximum atomic E-state index is 13.3. The van der Waals surface area contributed by atoms with Gasteiger partial charge in [-0.1, -0.05) is 60.7 Å². The molecule has 0 spiro atoms. The highest BCUT2D eigenvalue weighted by atomic mass is 16.5. The number of benzene rings is 3. The second-order valence-electron chi connectivity index (χ2n) is 6.37.